The third-order valence-electron chi connectivity index (χ3n) is 3.24. The maximum Gasteiger partial charge on any atom is 0.176 e. The Morgan fingerprint density at radius 3 is 2.86 bits per heavy atom. The first kappa shape index (κ1) is 16.0. The van der Waals surface area contributed by atoms with Crippen molar-refractivity contribution in [1.82, 2.24) is 15.0 Å². The summed E-state index contributed by atoms with van der Waals surface area (Å²) in [5, 5.41) is 36.5. The second kappa shape index (κ2) is 7.07. The van der Waals surface area contributed by atoms with Crippen LogP contribution in [-0.2, 0) is 22.6 Å². The van der Waals surface area contributed by atoms with Crippen molar-refractivity contribution >= 4 is 0 Å². The van der Waals surface area contributed by atoms with Gasteiger partial charge in [-0.2, -0.15) is 0 Å². The summed E-state index contributed by atoms with van der Waals surface area (Å²) >= 11 is 0. The van der Waals surface area contributed by atoms with Gasteiger partial charge in [0.15, 0.2) is 6.29 Å². The minimum Gasteiger partial charge on any atom is -0.390 e. The fourth-order valence-electron chi connectivity index (χ4n) is 2.10. The molecular formula is C12H20N4O5. The van der Waals surface area contributed by atoms with E-state index in [0.29, 0.717) is 5.69 Å². The van der Waals surface area contributed by atoms with E-state index in [0.717, 1.165) is 0 Å². The van der Waals surface area contributed by atoms with Gasteiger partial charge < -0.3 is 30.5 Å². The predicted octanol–water partition coefficient (Wildman–Crippen LogP) is -2.25. The molecular weight excluding hydrogens is 280 g/mol. The van der Waals surface area contributed by atoms with E-state index in [1.54, 1.807) is 0 Å². The first-order valence-electron chi connectivity index (χ1n) is 6.56. The van der Waals surface area contributed by atoms with Crippen LogP contribution >= 0.6 is 0 Å². The highest BCUT2D eigenvalue weighted by atomic mass is 16.7. The van der Waals surface area contributed by atoms with E-state index >= 15 is 0 Å². The lowest BCUT2D eigenvalue weighted by molar-refractivity contribution is -0.259. The van der Waals surface area contributed by atoms with Gasteiger partial charge >= 0.3 is 0 Å². The highest BCUT2D eigenvalue weighted by molar-refractivity contribution is 4.94. The molecule has 5 unspecified atom stereocenters. The predicted molar refractivity (Wildman–Crippen MR) is 70.7 cm³/mol. The standard InChI is InChI=1S/C12H20N4O5/c1-2-3-20-12-9(13)11(19)10(18)8(21-12)5-16-4-7(6-17)14-15-16/h2,4,8-12,17-19H,1,3,5-6,13H2. The van der Waals surface area contributed by atoms with Gasteiger partial charge in [-0.25, -0.2) is 4.68 Å². The van der Waals surface area contributed by atoms with Gasteiger partial charge in [0.05, 0.1) is 32.0 Å². The molecule has 1 aliphatic heterocycles. The molecule has 0 aromatic carbocycles. The second-order valence-electron chi connectivity index (χ2n) is 4.81. The van der Waals surface area contributed by atoms with Crippen LogP contribution in [-0.4, -0.2) is 67.6 Å². The normalized spacial score (nSPS) is 33.0. The van der Waals surface area contributed by atoms with Gasteiger partial charge in [0.25, 0.3) is 0 Å². The van der Waals surface area contributed by atoms with Gasteiger partial charge in [-0.1, -0.05) is 11.3 Å². The number of nitrogens with two attached hydrogens (primary N) is 1. The molecule has 9 heteroatoms. The van der Waals surface area contributed by atoms with Crippen molar-refractivity contribution in [3.05, 3.63) is 24.5 Å². The van der Waals surface area contributed by atoms with Gasteiger partial charge in [0.2, 0.25) is 0 Å². The zero-order valence-corrected chi connectivity index (χ0v) is 11.4. The molecule has 1 aromatic heterocycles. The molecule has 2 heterocycles. The summed E-state index contributed by atoms with van der Waals surface area (Å²) in [4.78, 5) is 0. The van der Waals surface area contributed by atoms with Crippen LogP contribution in [0.5, 0.6) is 0 Å². The third kappa shape index (κ3) is 3.64. The largest absolute Gasteiger partial charge is 0.390 e. The molecule has 1 fully saturated rings. The highest BCUT2D eigenvalue weighted by Gasteiger charge is 2.43. The molecule has 0 radical (unpaired) electrons. The Morgan fingerprint density at radius 1 is 1.48 bits per heavy atom. The van der Waals surface area contributed by atoms with E-state index in [9.17, 15) is 10.2 Å². The molecule has 1 aliphatic rings. The smallest absolute Gasteiger partial charge is 0.176 e. The van der Waals surface area contributed by atoms with Crippen molar-refractivity contribution in [3.63, 3.8) is 0 Å². The fraction of sp³-hybridized carbons (Fsp3) is 0.667. The molecule has 0 amide bonds. The first-order chi connectivity index (χ1) is 10.1. The zero-order valence-electron chi connectivity index (χ0n) is 11.4. The van der Waals surface area contributed by atoms with Crippen LogP contribution in [0.25, 0.3) is 0 Å². The Morgan fingerprint density at radius 2 is 2.24 bits per heavy atom. The van der Waals surface area contributed by atoms with Crippen molar-refractivity contribution in [3.8, 4) is 0 Å². The van der Waals surface area contributed by atoms with E-state index in [1.807, 2.05) is 0 Å². The van der Waals surface area contributed by atoms with E-state index in [-0.39, 0.29) is 19.8 Å². The monoisotopic (exact) mass is 300 g/mol. The maximum atomic E-state index is 10.0. The SMILES string of the molecule is C=CCOC1OC(Cn2cc(CO)nn2)C(O)C(O)C1N. The Labute approximate surface area is 121 Å². The number of rotatable bonds is 6. The van der Waals surface area contributed by atoms with Crippen LogP contribution in [0.15, 0.2) is 18.9 Å². The second-order valence-corrected chi connectivity index (χ2v) is 4.81. The van der Waals surface area contributed by atoms with Crippen LogP contribution in [0.2, 0.25) is 0 Å². The third-order valence-corrected chi connectivity index (χ3v) is 3.24. The number of ether oxygens (including phenoxy) is 2. The minimum atomic E-state index is -1.18. The average Bonchev–Trinajstić information content (AvgIpc) is 2.94. The first-order valence-corrected chi connectivity index (χ1v) is 6.56. The van der Waals surface area contributed by atoms with Crippen LogP contribution in [0.1, 0.15) is 5.69 Å². The van der Waals surface area contributed by atoms with Crippen LogP contribution < -0.4 is 5.73 Å². The quantitative estimate of drug-likeness (QED) is 0.432. The lowest BCUT2D eigenvalue weighted by Crippen LogP contribution is -2.62. The summed E-state index contributed by atoms with van der Waals surface area (Å²) in [6.45, 7) is 3.65. The van der Waals surface area contributed by atoms with Crippen molar-refractivity contribution < 1.29 is 24.8 Å². The number of hydrogen-bond donors (Lipinski definition) is 4. The molecule has 0 saturated carbocycles. The molecule has 1 aromatic rings. The molecule has 0 bridgehead atoms. The van der Waals surface area contributed by atoms with Crippen molar-refractivity contribution in [1.29, 1.82) is 0 Å². The number of aromatic nitrogens is 3. The molecule has 2 rings (SSSR count). The van der Waals surface area contributed by atoms with Crippen LogP contribution in [0, 0.1) is 0 Å². The Hall–Kier alpha value is -1.36. The maximum absolute atomic E-state index is 10.0. The number of aliphatic hydroxyl groups excluding tert-OH is 3. The van der Waals surface area contributed by atoms with E-state index in [1.165, 1.54) is 17.0 Å². The minimum absolute atomic E-state index is 0.145. The Balaban J connectivity index is 2.04. The van der Waals surface area contributed by atoms with Gasteiger partial charge in [-0.15, -0.1) is 11.7 Å². The molecule has 118 valence electrons. The molecule has 5 N–H and O–H groups in total. The number of hydrogen-bond acceptors (Lipinski definition) is 8. The van der Waals surface area contributed by atoms with Crippen LogP contribution in [0.3, 0.4) is 0 Å². The summed E-state index contributed by atoms with van der Waals surface area (Å²) in [7, 11) is 0. The number of aliphatic hydroxyl groups is 3. The molecule has 21 heavy (non-hydrogen) atoms. The lowest BCUT2D eigenvalue weighted by atomic mass is 9.97. The average molecular weight is 300 g/mol. The van der Waals surface area contributed by atoms with E-state index in [2.05, 4.69) is 16.9 Å². The summed E-state index contributed by atoms with van der Waals surface area (Å²) in [5.74, 6) is 0. The van der Waals surface area contributed by atoms with Gasteiger partial charge in [0, 0.05) is 0 Å². The molecule has 9 nitrogen and oxygen atoms in total. The molecule has 5 atom stereocenters. The molecule has 0 spiro atoms. The summed E-state index contributed by atoms with van der Waals surface area (Å²) in [6.07, 6.45) is -0.913. The fourth-order valence-corrected chi connectivity index (χ4v) is 2.10. The highest BCUT2D eigenvalue weighted by Crippen LogP contribution is 2.22. The van der Waals surface area contributed by atoms with Crippen molar-refractivity contribution in [2.75, 3.05) is 6.61 Å². The molecule has 0 aliphatic carbocycles. The summed E-state index contributed by atoms with van der Waals surface area (Å²) in [5.41, 5.74) is 6.17. The zero-order chi connectivity index (χ0) is 15.4. The van der Waals surface area contributed by atoms with Crippen molar-refractivity contribution in [2.45, 2.75) is 43.8 Å². The van der Waals surface area contributed by atoms with Crippen molar-refractivity contribution in [2.24, 2.45) is 5.73 Å². The lowest BCUT2D eigenvalue weighted by Gasteiger charge is -2.40. The van der Waals surface area contributed by atoms with E-state index in [4.69, 9.17) is 20.3 Å². The van der Waals surface area contributed by atoms with Gasteiger partial charge in [-0.3, -0.25) is 0 Å². The van der Waals surface area contributed by atoms with Gasteiger partial charge in [-0.05, 0) is 0 Å². The molecule has 1 saturated heterocycles. The van der Waals surface area contributed by atoms with Crippen LogP contribution in [0.4, 0.5) is 0 Å². The van der Waals surface area contributed by atoms with Gasteiger partial charge in [0.1, 0.15) is 24.0 Å². The Bertz CT molecular complexity index is 468. The topological polar surface area (TPSA) is 136 Å². The Kier molecular flexibility index (Phi) is 5.39. The summed E-state index contributed by atoms with van der Waals surface area (Å²) < 4.78 is 12.3. The summed E-state index contributed by atoms with van der Waals surface area (Å²) in [6, 6.07) is -0.861. The number of nitrogens with zero attached hydrogens (tertiary/aromatic N) is 3. The van der Waals surface area contributed by atoms with E-state index < -0.39 is 30.6 Å².